The van der Waals surface area contributed by atoms with Gasteiger partial charge in [-0.25, -0.2) is 0 Å². The van der Waals surface area contributed by atoms with Gasteiger partial charge in [-0.15, -0.1) is 0 Å². The first-order valence-corrected chi connectivity index (χ1v) is 10.8. The van der Waals surface area contributed by atoms with Crippen molar-refractivity contribution in [1.29, 1.82) is 0 Å². The van der Waals surface area contributed by atoms with E-state index in [2.05, 4.69) is 32.2 Å². The lowest BCUT2D eigenvalue weighted by Gasteiger charge is -2.38. The van der Waals surface area contributed by atoms with Crippen LogP contribution in [0.4, 0.5) is 5.69 Å². The van der Waals surface area contributed by atoms with Gasteiger partial charge >= 0.3 is 0 Å². The Morgan fingerprint density at radius 1 is 1.07 bits per heavy atom. The molecular formula is C25H32NO4+. The highest BCUT2D eigenvalue weighted by atomic mass is 16.5. The number of methoxy groups -OCH3 is 3. The summed E-state index contributed by atoms with van der Waals surface area (Å²) in [4.78, 5) is 13.2. The third kappa shape index (κ3) is 3.45. The van der Waals surface area contributed by atoms with Gasteiger partial charge < -0.3 is 14.2 Å². The van der Waals surface area contributed by atoms with E-state index in [1.165, 1.54) is 29.8 Å². The Labute approximate surface area is 179 Å². The Bertz CT molecular complexity index is 945. The first-order valence-electron chi connectivity index (χ1n) is 10.8. The maximum Gasteiger partial charge on any atom is 0.203 e. The Kier molecular flexibility index (Phi) is 5.49. The second kappa shape index (κ2) is 7.95. The molecule has 0 spiro atoms. The number of rotatable bonds is 7. The minimum Gasteiger partial charge on any atom is -0.493 e. The zero-order valence-corrected chi connectivity index (χ0v) is 18.7. The predicted octanol–water partition coefficient (Wildman–Crippen LogP) is 4.60. The van der Waals surface area contributed by atoms with Gasteiger partial charge in [0.15, 0.2) is 17.3 Å². The van der Waals surface area contributed by atoms with Crippen LogP contribution in [0.1, 0.15) is 47.2 Å². The summed E-state index contributed by atoms with van der Waals surface area (Å²) >= 11 is 0. The van der Waals surface area contributed by atoms with Crippen LogP contribution < -0.4 is 18.7 Å². The fourth-order valence-electron chi connectivity index (χ4n) is 4.92. The molecule has 1 heterocycles. The maximum atomic E-state index is 13.2. The van der Waals surface area contributed by atoms with Crippen molar-refractivity contribution >= 4 is 11.5 Å². The molecule has 0 bridgehead atoms. The van der Waals surface area contributed by atoms with E-state index in [0.717, 1.165) is 23.9 Å². The van der Waals surface area contributed by atoms with Crippen LogP contribution in [0.2, 0.25) is 0 Å². The van der Waals surface area contributed by atoms with E-state index in [0.29, 0.717) is 28.7 Å². The molecule has 30 heavy (non-hydrogen) atoms. The smallest absolute Gasteiger partial charge is 0.203 e. The van der Waals surface area contributed by atoms with Crippen LogP contribution in [0.15, 0.2) is 30.3 Å². The van der Waals surface area contributed by atoms with E-state index in [1.54, 1.807) is 33.5 Å². The van der Waals surface area contributed by atoms with Crippen LogP contribution in [-0.4, -0.2) is 47.2 Å². The summed E-state index contributed by atoms with van der Waals surface area (Å²) in [6.45, 7) is 4.57. The number of carbonyl (C=O) groups is 1. The summed E-state index contributed by atoms with van der Waals surface area (Å²) in [5, 5.41) is 0. The van der Waals surface area contributed by atoms with Crippen molar-refractivity contribution in [3.63, 3.8) is 0 Å². The van der Waals surface area contributed by atoms with Crippen LogP contribution in [0.25, 0.3) is 0 Å². The number of nitrogens with zero attached hydrogens (tertiary/aromatic N) is 1. The summed E-state index contributed by atoms with van der Waals surface area (Å²) in [6.07, 6.45) is 3.25. The normalized spacial score (nSPS) is 24.7. The van der Waals surface area contributed by atoms with Gasteiger partial charge in [-0.1, -0.05) is 6.07 Å². The standard InChI is InChI=1S/C25H32NO4/c1-6-26(2)11-7-8-17-12-16(9-10-21(17)26)19-15-20(19)24(27)18-13-22(28-3)25(30-5)23(14-18)29-4/h9-10,12-14,19-20H,6-8,11,15H2,1-5H3/q+1. The largest absolute Gasteiger partial charge is 0.493 e. The molecule has 1 saturated carbocycles. The average Bonchev–Trinajstić information content (AvgIpc) is 3.58. The molecule has 1 aliphatic carbocycles. The first kappa shape index (κ1) is 20.7. The molecule has 0 N–H and O–H groups in total. The molecule has 2 aromatic carbocycles. The SMILES string of the molecule is CC[N+]1(C)CCCc2cc(C3CC3C(=O)c3cc(OC)c(OC)c(OC)c3)ccc21. The van der Waals surface area contributed by atoms with Crippen molar-refractivity contribution in [1.82, 2.24) is 4.48 Å². The number of carbonyl (C=O) groups excluding carboxylic acids is 1. The van der Waals surface area contributed by atoms with Gasteiger partial charge in [0.25, 0.3) is 0 Å². The van der Waals surface area contributed by atoms with Crippen molar-refractivity contribution in [2.45, 2.75) is 32.1 Å². The first-order chi connectivity index (χ1) is 14.5. The third-order valence-electron chi connectivity index (χ3n) is 6.99. The lowest BCUT2D eigenvalue weighted by atomic mass is 9.94. The summed E-state index contributed by atoms with van der Waals surface area (Å²) in [5.41, 5.74) is 4.81. The Hall–Kier alpha value is -2.53. The highest BCUT2D eigenvalue weighted by Gasteiger charge is 2.45. The molecule has 160 valence electrons. The van der Waals surface area contributed by atoms with Gasteiger partial charge in [-0.05, 0) is 55.5 Å². The van der Waals surface area contributed by atoms with Gasteiger partial charge in [-0.3, -0.25) is 9.28 Å². The quantitative estimate of drug-likeness (QED) is 0.494. The van der Waals surface area contributed by atoms with E-state index in [9.17, 15) is 4.79 Å². The summed E-state index contributed by atoms with van der Waals surface area (Å²) < 4.78 is 17.2. The lowest BCUT2D eigenvalue weighted by molar-refractivity contribution is 0.0964. The Morgan fingerprint density at radius 3 is 2.37 bits per heavy atom. The van der Waals surface area contributed by atoms with Crippen LogP contribution in [0.3, 0.4) is 0 Å². The monoisotopic (exact) mass is 410 g/mol. The molecule has 0 amide bonds. The summed E-state index contributed by atoms with van der Waals surface area (Å²) in [6, 6.07) is 10.4. The lowest BCUT2D eigenvalue weighted by Crippen LogP contribution is -2.48. The maximum absolute atomic E-state index is 13.2. The predicted molar refractivity (Wildman–Crippen MR) is 119 cm³/mol. The number of hydrogen-bond acceptors (Lipinski definition) is 4. The molecular weight excluding hydrogens is 378 g/mol. The average molecular weight is 411 g/mol. The van der Waals surface area contributed by atoms with E-state index in [4.69, 9.17) is 14.2 Å². The molecule has 3 unspecified atom stereocenters. The number of fused-ring (bicyclic) bond motifs is 1. The van der Waals surface area contributed by atoms with Gasteiger partial charge in [-0.2, -0.15) is 0 Å². The number of Topliss-reactive ketones (excluding diaryl/α,β-unsaturated/α-hetero) is 1. The van der Waals surface area contributed by atoms with E-state index < -0.39 is 0 Å². The van der Waals surface area contributed by atoms with Crippen LogP contribution in [0, 0.1) is 5.92 Å². The van der Waals surface area contributed by atoms with Crippen LogP contribution >= 0.6 is 0 Å². The Balaban J connectivity index is 1.57. The molecule has 0 aromatic heterocycles. The molecule has 5 heteroatoms. The van der Waals surface area contributed by atoms with E-state index in [1.807, 2.05) is 0 Å². The molecule has 1 fully saturated rings. The highest BCUT2D eigenvalue weighted by Crippen LogP contribution is 2.51. The Morgan fingerprint density at radius 2 is 1.77 bits per heavy atom. The summed E-state index contributed by atoms with van der Waals surface area (Å²) in [7, 11) is 7.03. The molecule has 4 rings (SSSR count). The van der Waals surface area contributed by atoms with Gasteiger partial charge in [0.1, 0.15) is 5.69 Å². The van der Waals surface area contributed by atoms with Crippen LogP contribution in [-0.2, 0) is 6.42 Å². The van der Waals surface area contributed by atoms with Crippen molar-refractivity contribution < 1.29 is 19.0 Å². The van der Waals surface area contributed by atoms with Gasteiger partial charge in [0, 0.05) is 23.5 Å². The number of ketones is 1. The number of ether oxygens (including phenoxy) is 3. The van der Waals surface area contributed by atoms with Crippen molar-refractivity contribution in [3.8, 4) is 17.2 Å². The van der Waals surface area contributed by atoms with Crippen molar-refractivity contribution in [2.75, 3.05) is 41.5 Å². The van der Waals surface area contributed by atoms with E-state index >= 15 is 0 Å². The zero-order valence-electron chi connectivity index (χ0n) is 18.7. The zero-order chi connectivity index (χ0) is 21.5. The molecule has 5 nitrogen and oxygen atoms in total. The third-order valence-corrected chi connectivity index (χ3v) is 6.99. The minimum atomic E-state index is 0.0153. The molecule has 0 saturated heterocycles. The molecule has 3 atom stereocenters. The number of aryl methyl sites for hydroxylation is 1. The number of benzene rings is 2. The molecule has 2 aliphatic rings. The molecule has 0 radical (unpaired) electrons. The van der Waals surface area contributed by atoms with Gasteiger partial charge in [0.2, 0.25) is 5.75 Å². The van der Waals surface area contributed by atoms with Gasteiger partial charge in [0.05, 0.1) is 41.5 Å². The second-order valence-corrected chi connectivity index (χ2v) is 8.65. The van der Waals surface area contributed by atoms with Crippen LogP contribution in [0.5, 0.6) is 17.2 Å². The minimum absolute atomic E-state index is 0.0153. The number of quaternary nitrogens is 1. The fourth-order valence-corrected chi connectivity index (χ4v) is 4.92. The number of hydrogen-bond donors (Lipinski definition) is 0. The fraction of sp³-hybridized carbons (Fsp3) is 0.480. The van der Waals surface area contributed by atoms with Crippen molar-refractivity contribution in [3.05, 3.63) is 47.0 Å². The highest BCUT2D eigenvalue weighted by molar-refractivity contribution is 6.01. The van der Waals surface area contributed by atoms with E-state index in [-0.39, 0.29) is 11.7 Å². The second-order valence-electron chi connectivity index (χ2n) is 8.65. The topological polar surface area (TPSA) is 44.8 Å². The molecule has 1 aliphatic heterocycles. The van der Waals surface area contributed by atoms with Crippen molar-refractivity contribution in [2.24, 2.45) is 5.92 Å². The summed E-state index contributed by atoms with van der Waals surface area (Å²) in [5.74, 6) is 2.00. The molecule has 2 aromatic rings.